The zero-order chi connectivity index (χ0) is 9.97. The van der Waals surface area contributed by atoms with E-state index < -0.39 is 0 Å². The number of carbonyl (C=O) groups is 1. The van der Waals surface area contributed by atoms with Crippen molar-refractivity contribution in [1.29, 1.82) is 0 Å². The SMILES string of the molecule is CCNC(=O)c1cc2cc[nH]c2cn1. The lowest BCUT2D eigenvalue weighted by atomic mass is 10.2. The Bertz CT molecular complexity index is 461. The molecule has 0 radical (unpaired) electrons. The van der Waals surface area contributed by atoms with Crippen LogP contribution < -0.4 is 5.32 Å². The summed E-state index contributed by atoms with van der Waals surface area (Å²) in [6.07, 6.45) is 3.49. The van der Waals surface area contributed by atoms with Crippen LogP contribution in [-0.4, -0.2) is 22.4 Å². The Labute approximate surface area is 81.3 Å². The van der Waals surface area contributed by atoms with Crippen molar-refractivity contribution in [3.05, 3.63) is 30.2 Å². The molecule has 4 heteroatoms. The molecule has 0 fully saturated rings. The molecule has 0 aliphatic rings. The van der Waals surface area contributed by atoms with Gasteiger partial charge in [0.1, 0.15) is 5.69 Å². The Hall–Kier alpha value is -1.84. The van der Waals surface area contributed by atoms with Gasteiger partial charge >= 0.3 is 0 Å². The number of pyridine rings is 1. The summed E-state index contributed by atoms with van der Waals surface area (Å²) in [5.41, 5.74) is 1.40. The first-order valence-electron chi connectivity index (χ1n) is 4.52. The Morgan fingerprint density at radius 1 is 1.64 bits per heavy atom. The van der Waals surface area contributed by atoms with E-state index in [1.165, 1.54) is 0 Å². The van der Waals surface area contributed by atoms with Gasteiger partial charge in [-0.3, -0.25) is 4.79 Å². The van der Waals surface area contributed by atoms with Gasteiger partial charge in [-0.25, -0.2) is 4.98 Å². The molecule has 2 rings (SSSR count). The molecular formula is C10H11N3O. The predicted octanol–water partition coefficient (Wildman–Crippen LogP) is 1.31. The van der Waals surface area contributed by atoms with Crippen molar-refractivity contribution >= 4 is 16.8 Å². The van der Waals surface area contributed by atoms with E-state index >= 15 is 0 Å². The van der Waals surface area contributed by atoms with Crippen LogP contribution in [0.3, 0.4) is 0 Å². The third kappa shape index (κ3) is 1.46. The van der Waals surface area contributed by atoms with Crippen molar-refractivity contribution < 1.29 is 4.79 Å². The minimum Gasteiger partial charge on any atom is -0.360 e. The summed E-state index contributed by atoms with van der Waals surface area (Å²) < 4.78 is 0. The van der Waals surface area contributed by atoms with Crippen LogP contribution in [0.2, 0.25) is 0 Å². The number of nitrogens with one attached hydrogen (secondary N) is 2. The van der Waals surface area contributed by atoms with Gasteiger partial charge in [0.05, 0.1) is 11.7 Å². The molecule has 4 nitrogen and oxygen atoms in total. The normalized spacial score (nSPS) is 10.4. The zero-order valence-corrected chi connectivity index (χ0v) is 7.87. The monoisotopic (exact) mass is 189 g/mol. The molecule has 0 saturated carbocycles. The third-order valence-electron chi connectivity index (χ3n) is 2.01. The number of nitrogens with zero attached hydrogens (tertiary/aromatic N) is 1. The lowest BCUT2D eigenvalue weighted by molar-refractivity contribution is 0.0951. The zero-order valence-electron chi connectivity index (χ0n) is 7.87. The average Bonchev–Trinajstić information content (AvgIpc) is 2.64. The number of H-pyrrole nitrogens is 1. The minimum absolute atomic E-state index is 0.129. The largest absolute Gasteiger partial charge is 0.360 e. The fraction of sp³-hybridized carbons (Fsp3) is 0.200. The summed E-state index contributed by atoms with van der Waals surface area (Å²) in [5.74, 6) is -0.129. The summed E-state index contributed by atoms with van der Waals surface area (Å²) in [7, 11) is 0. The third-order valence-corrected chi connectivity index (χ3v) is 2.01. The molecule has 0 atom stereocenters. The first-order chi connectivity index (χ1) is 6.81. The van der Waals surface area contributed by atoms with Gasteiger partial charge in [0, 0.05) is 18.1 Å². The first-order valence-corrected chi connectivity index (χ1v) is 4.52. The Morgan fingerprint density at radius 3 is 3.29 bits per heavy atom. The van der Waals surface area contributed by atoms with Crippen LogP contribution in [0.1, 0.15) is 17.4 Å². The second-order valence-corrected chi connectivity index (χ2v) is 2.99. The Balaban J connectivity index is 2.38. The molecule has 0 spiro atoms. The molecule has 72 valence electrons. The molecule has 2 heterocycles. The van der Waals surface area contributed by atoms with Gasteiger partial charge in [-0.2, -0.15) is 0 Å². The molecule has 0 saturated heterocycles. The van der Waals surface area contributed by atoms with E-state index in [9.17, 15) is 4.79 Å². The van der Waals surface area contributed by atoms with Gasteiger partial charge in [-0.05, 0) is 19.1 Å². The fourth-order valence-electron chi connectivity index (χ4n) is 1.33. The van der Waals surface area contributed by atoms with Crippen molar-refractivity contribution in [3.8, 4) is 0 Å². The second-order valence-electron chi connectivity index (χ2n) is 2.99. The van der Waals surface area contributed by atoms with Crippen molar-refractivity contribution in [2.45, 2.75) is 6.92 Å². The van der Waals surface area contributed by atoms with Crippen molar-refractivity contribution in [1.82, 2.24) is 15.3 Å². The Kier molecular flexibility index (Phi) is 2.18. The average molecular weight is 189 g/mol. The molecule has 1 amide bonds. The highest BCUT2D eigenvalue weighted by atomic mass is 16.1. The minimum atomic E-state index is -0.129. The lowest BCUT2D eigenvalue weighted by Crippen LogP contribution is -2.23. The summed E-state index contributed by atoms with van der Waals surface area (Å²) >= 11 is 0. The van der Waals surface area contributed by atoms with E-state index in [0.29, 0.717) is 12.2 Å². The highest BCUT2D eigenvalue weighted by Crippen LogP contribution is 2.11. The van der Waals surface area contributed by atoms with Gasteiger partial charge in [0.25, 0.3) is 5.91 Å². The summed E-state index contributed by atoms with van der Waals surface area (Å²) in [4.78, 5) is 18.5. The standard InChI is InChI=1S/C10H11N3O/c1-2-11-10(14)8-5-7-3-4-12-9(7)6-13-8/h3-6,12H,2H2,1H3,(H,11,14). The van der Waals surface area contributed by atoms with Crippen LogP contribution in [-0.2, 0) is 0 Å². The molecule has 0 bridgehead atoms. The van der Waals surface area contributed by atoms with Gasteiger partial charge in [0.2, 0.25) is 0 Å². The first kappa shape index (κ1) is 8.74. The predicted molar refractivity (Wildman–Crippen MR) is 54.1 cm³/mol. The number of amides is 1. The second kappa shape index (κ2) is 3.49. The van der Waals surface area contributed by atoms with Gasteiger partial charge in [-0.1, -0.05) is 0 Å². The van der Waals surface area contributed by atoms with Gasteiger partial charge in [0.15, 0.2) is 0 Å². The smallest absolute Gasteiger partial charge is 0.269 e. The number of carbonyl (C=O) groups excluding carboxylic acids is 1. The topological polar surface area (TPSA) is 57.8 Å². The number of fused-ring (bicyclic) bond motifs is 1. The molecule has 2 aromatic rings. The highest BCUT2D eigenvalue weighted by Gasteiger charge is 2.06. The number of aromatic nitrogens is 2. The molecule has 0 aromatic carbocycles. The molecule has 0 aliphatic heterocycles. The van der Waals surface area contributed by atoms with E-state index in [2.05, 4.69) is 15.3 Å². The molecular weight excluding hydrogens is 178 g/mol. The van der Waals surface area contributed by atoms with E-state index in [0.717, 1.165) is 10.9 Å². The maximum atomic E-state index is 11.4. The maximum Gasteiger partial charge on any atom is 0.269 e. The molecule has 2 N–H and O–H groups in total. The van der Waals surface area contributed by atoms with Crippen LogP contribution in [0.25, 0.3) is 10.9 Å². The summed E-state index contributed by atoms with van der Waals surface area (Å²) in [6, 6.07) is 3.69. The fourth-order valence-corrected chi connectivity index (χ4v) is 1.33. The number of hydrogen-bond donors (Lipinski definition) is 2. The molecule has 0 aliphatic carbocycles. The lowest BCUT2D eigenvalue weighted by Gasteiger charge is -2.00. The van der Waals surface area contributed by atoms with Crippen molar-refractivity contribution in [2.75, 3.05) is 6.54 Å². The van der Waals surface area contributed by atoms with Crippen LogP contribution in [0, 0.1) is 0 Å². The number of rotatable bonds is 2. The van der Waals surface area contributed by atoms with Crippen molar-refractivity contribution in [3.63, 3.8) is 0 Å². The van der Waals surface area contributed by atoms with Crippen molar-refractivity contribution in [2.24, 2.45) is 0 Å². The summed E-state index contributed by atoms with van der Waals surface area (Å²) in [6.45, 7) is 2.50. The maximum absolute atomic E-state index is 11.4. The molecule has 0 unspecified atom stereocenters. The molecule has 2 aromatic heterocycles. The highest BCUT2D eigenvalue weighted by molar-refractivity contribution is 5.95. The van der Waals surface area contributed by atoms with E-state index in [1.807, 2.05) is 19.2 Å². The van der Waals surface area contributed by atoms with Gasteiger partial charge in [-0.15, -0.1) is 0 Å². The molecule has 14 heavy (non-hydrogen) atoms. The van der Waals surface area contributed by atoms with Crippen LogP contribution in [0.4, 0.5) is 0 Å². The Morgan fingerprint density at radius 2 is 2.50 bits per heavy atom. The summed E-state index contributed by atoms with van der Waals surface area (Å²) in [5, 5.41) is 3.71. The van der Waals surface area contributed by atoms with E-state index in [-0.39, 0.29) is 5.91 Å². The number of aromatic amines is 1. The van der Waals surface area contributed by atoms with Crippen LogP contribution in [0.5, 0.6) is 0 Å². The quantitative estimate of drug-likeness (QED) is 0.748. The number of hydrogen-bond acceptors (Lipinski definition) is 2. The van der Waals surface area contributed by atoms with E-state index in [1.54, 1.807) is 12.3 Å². The van der Waals surface area contributed by atoms with E-state index in [4.69, 9.17) is 0 Å². The van der Waals surface area contributed by atoms with Crippen LogP contribution in [0.15, 0.2) is 24.5 Å². The van der Waals surface area contributed by atoms with Gasteiger partial charge < -0.3 is 10.3 Å². The van der Waals surface area contributed by atoms with Crippen LogP contribution >= 0.6 is 0 Å².